The number of anilines is 2. The minimum absolute atomic E-state index is 0.343. The topological polar surface area (TPSA) is 53.0 Å². The van der Waals surface area contributed by atoms with E-state index in [2.05, 4.69) is 31.7 Å². The lowest BCUT2D eigenvalue weighted by molar-refractivity contribution is 0.263. The van der Waals surface area contributed by atoms with Gasteiger partial charge in [0.25, 0.3) is 0 Å². The molecule has 18 heavy (non-hydrogen) atoms. The number of nitriles is 1. The Labute approximate surface area is 109 Å². The molecule has 1 fully saturated rings. The molecule has 96 valence electrons. The fourth-order valence-corrected chi connectivity index (χ4v) is 2.60. The summed E-state index contributed by atoms with van der Waals surface area (Å²) in [6, 6.07) is 7.70. The predicted molar refractivity (Wildman–Crippen MR) is 75.3 cm³/mol. The Bertz CT molecular complexity index is 479. The highest BCUT2D eigenvalue weighted by molar-refractivity contribution is 5.70. The second kappa shape index (κ2) is 4.53. The number of hydrogen-bond acceptors (Lipinski definition) is 3. The Morgan fingerprint density at radius 2 is 2.11 bits per heavy atom. The first-order valence-electron chi connectivity index (χ1n) is 6.46. The smallest absolute Gasteiger partial charge is 0.0992 e. The third-order valence-electron chi connectivity index (χ3n) is 3.91. The van der Waals surface area contributed by atoms with Gasteiger partial charge in [0.1, 0.15) is 0 Å². The van der Waals surface area contributed by atoms with E-state index < -0.39 is 0 Å². The van der Waals surface area contributed by atoms with Crippen LogP contribution in [0.25, 0.3) is 0 Å². The van der Waals surface area contributed by atoms with Crippen molar-refractivity contribution < 1.29 is 0 Å². The van der Waals surface area contributed by atoms with Crippen LogP contribution in [0.1, 0.15) is 32.8 Å². The van der Waals surface area contributed by atoms with Gasteiger partial charge in [0.2, 0.25) is 0 Å². The number of nitrogen functional groups attached to an aromatic ring is 1. The molecule has 1 aliphatic rings. The van der Waals surface area contributed by atoms with E-state index in [1.54, 1.807) is 6.07 Å². The summed E-state index contributed by atoms with van der Waals surface area (Å²) in [5.41, 5.74) is 8.79. The monoisotopic (exact) mass is 243 g/mol. The number of rotatable bonds is 1. The first-order valence-corrected chi connectivity index (χ1v) is 6.46. The van der Waals surface area contributed by atoms with Crippen molar-refractivity contribution >= 4 is 11.4 Å². The van der Waals surface area contributed by atoms with Crippen LogP contribution < -0.4 is 10.6 Å². The van der Waals surface area contributed by atoms with Gasteiger partial charge in [-0.05, 0) is 36.0 Å². The van der Waals surface area contributed by atoms with Crippen molar-refractivity contribution in [3.05, 3.63) is 23.8 Å². The van der Waals surface area contributed by atoms with Crippen LogP contribution in [-0.2, 0) is 0 Å². The maximum Gasteiger partial charge on any atom is 0.0992 e. The lowest BCUT2D eigenvalue weighted by Gasteiger charge is -2.28. The van der Waals surface area contributed by atoms with Gasteiger partial charge in [0.05, 0.1) is 23.0 Å². The molecule has 0 amide bonds. The maximum absolute atomic E-state index is 8.85. The van der Waals surface area contributed by atoms with Crippen molar-refractivity contribution in [1.29, 1.82) is 5.26 Å². The van der Waals surface area contributed by atoms with Crippen LogP contribution in [0.4, 0.5) is 11.4 Å². The zero-order valence-corrected chi connectivity index (χ0v) is 11.4. The van der Waals surface area contributed by atoms with Gasteiger partial charge in [-0.15, -0.1) is 0 Å². The highest BCUT2D eigenvalue weighted by Gasteiger charge is 2.32. The molecule has 1 unspecified atom stereocenters. The average Bonchev–Trinajstić information content (AvgIpc) is 2.77. The van der Waals surface area contributed by atoms with Crippen molar-refractivity contribution in [2.75, 3.05) is 23.7 Å². The Balaban J connectivity index is 2.18. The third-order valence-corrected chi connectivity index (χ3v) is 3.91. The minimum atomic E-state index is 0.343. The van der Waals surface area contributed by atoms with Crippen molar-refractivity contribution in [3.63, 3.8) is 0 Å². The van der Waals surface area contributed by atoms with E-state index in [0.717, 1.165) is 18.8 Å². The van der Waals surface area contributed by atoms with Gasteiger partial charge in [0.15, 0.2) is 0 Å². The maximum atomic E-state index is 8.85. The first-order chi connectivity index (χ1) is 8.41. The Morgan fingerprint density at radius 1 is 1.39 bits per heavy atom. The van der Waals surface area contributed by atoms with E-state index in [1.165, 1.54) is 6.42 Å². The van der Waals surface area contributed by atoms with Crippen LogP contribution in [0.2, 0.25) is 0 Å². The van der Waals surface area contributed by atoms with E-state index in [1.807, 2.05) is 12.1 Å². The number of hydrogen-bond donors (Lipinski definition) is 1. The normalized spacial score (nSPS) is 19.9. The van der Waals surface area contributed by atoms with Crippen LogP contribution in [0.3, 0.4) is 0 Å². The highest BCUT2D eigenvalue weighted by Crippen LogP contribution is 2.37. The van der Waals surface area contributed by atoms with E-state index in [9.17, 15) is 0 Å². The average molecular weight is 243 g/mol. The summed E-state index contributed by atoms with van der Waals surface area (Å²) in [5.74, 6) is 0.701. The number of nitrogens with two attached hydrogens (primary N) is 1. The van der Waals surface area contributed by atoms with Gasteiger partial charge < -0.3 is 10.6 Å². The molecular formula is C15H21N3. The molecule has 1 saturated heterocycles. The van der Waals surface area contributed by atoms with Crippen molar-refractivity contribution in [2.24, 2.45) is 11.3 Å². The van der Waals surface area contributed by atoms with Crippen LogP contribution in [0.15, 0.2) is 18.2 Å². The zero-order chi connectivity index (χ0) is 13.3. The molecule has 3 nitrogen and oxygen atoms in total. The standard InChI is InChI=1S/C15H21N3/c1-15(2,3)12-6-7-18(10-12)14-5-4-11(9-16)8-13(14)17/h4-5,8,12H,6-7,10,17H2,1-3H3. The van der Waals surface area contributed by atoms with E-state index in [4.69, 9.17) is 11.0 Å². The Morgan fingerprint density at radius 3 is 2.61 bits per heavy atom. The van der Waals surface area contributed by atoms with Crippen LogP contribution in [0, 0.1) is 22.7 Å². The molecule has 0 radical (unpaired) electrons. The molecule has 1 aromatic carbocycles. The molecule has 0 bridgehead atoms. The summed E-state index contributed by atoms with van der Waals surface area (Å²) in [4.78, 5) is 2.34. The van der Waals surface area contributed by atoms with Gasteiger partial charge in [-0.3, -0.25) is 0 Å². The van der Waals surface area contributed by atoms with Crippen molar-refractivity contribution in [3.8, 4) is 6.07 Å². The molecule has 0 spiro atoms. The largest absolute Gasteiger partial charge is 0.397 e. The molecule has 0 aliphatic carbocycles. The summed E-state index contributed by atoms with van der Waals surface area (Å²) >= 11 is 0. The lowest BCUT2D eigenvalue weighted by Crippen LogP contribution is -2.26. The Hall–Kier alpha value is -1.69. The van der Waals surface area contributed by atoms with E-state index >= 15 is 0 Å². The van der Waals surface area contributed by atoms with Crippen LogP contribution >= 0.6 is 0 Å². The highest BCUT2D eigenvalue weighted by atomic mass is 15.2. The Kier molecular flexibility index (Phi) is 3.21. The third kappa shape index (κ3) is 2.43. The summed E-state index contributed by atoms with van der Waals surface area (Å²) in [6.45, 7) is 8.99. The summed E-state index contributed by atoms with van der Waals surface area (Å²) in [5, 5.41) is 8.85. The van der Waals surface area contributed by atoms with Crippen molar-refractivity contribution in [1.82, 2.24) is 0 Å². The SMILES string of the molecule is CC(C)(C)C1CCN(c2ccc(C#N)cc2N)C1. The van der Waals surface area contributed by atoms with Gasteiger partial charge in [-0.1, -0.05) is 20.8 Å². The zero-order valence-electron chi connectivity index (χ0n) is 11.4. The van der Waals surface area contributed by atoms with Gasteiger partial charge >= 0.3 is 0 Å². The summed E-state index contributed by atoms with van der Waals surface area (Å²) in [6.07, 6.45) is 1.21. The molecule has 2 rings (SSSR count). The number of benzene rings is 1. The molecule has 0 aromatic heterocycles. The summed E-state index contributed by atoms with van der Waals surface area (Å²) in [7, 11) is 0. The number of nitrogens with zero attached hydrogens (tertiary/aromatic N) is 2. The van der Waals surface area contributed by atoms with E-state index in [0.29, 0.717) is 22.6 Å². The molecule has 1 aliphatic heterocycles. The van der Waals surface area contributed by atoms with Crippen LogP contribution in [-0.4, -0.2) is 13.1 Å². The summed E-state index contributed by atoms with van der Waals surface area (Å²) < 4.78 is 0. The fraction of sp³-hybridized carbons (Fsp3) is 0.533. The van der Waals surface area contributed by atoms with Gasteiger partial charge in [-0.25, -0.2) is 0 Å². The van der Waals surface area contributed by atoms with Crippen molar-refractivity contribution in [2.45, 2.75) is 27.2 Å². The predicted octanol–water partition coefficient (Wildman–Crippen LogP) is 3.01. The van der Waals surface area contributed by atoms with Gasteiger partial charge in [0, 0.05) is 13.1 Å². The molecule has 0 saturated carbocycles. The van der Waals surface area contributed by atoms with Crippen LogP contribution in [0.5, 0.6) is 0 Å². The molecular weight excluding hydrogens is 222 g/mol. The molecule has 1 atom stereocenters. The second-order valence-corrected chi connectivity index (χ2v) is 6.18. The van der Waals surface area contributed by atoms with Gasteiger partial charge in [-0.2, -0.15) is 5.26 Å². The van der Waals surface area contributed by atoms with E-state index in [-0.39, 0.29) is 0 Å². The molecule has 3 heteroatoms. The molecule has 1 aromatic rings. The quantitative estimate of drug-likeness (QED) is 0.771. The molecule has 2 N–H and O–H groups in total. The lowest BCUT2D eigenvalue weighted by atomic mass is 9.80. The fourth-order valence-electron chi connectivity index (χ4n) is 2.60. The first kappa shape index (κ1) is 12.8. The minimum Gasteiger partial charge on any atom is -0.397 e. The second-order valence-electron chi connectivity index (χ2n) is 6.18. The molecule has 1 heterocycles.